The molecule has 0 aromatic heterocycles. The lowest BCUT2D eigenvalue weighted by Crippen LogP contribution is -2.49. The summed E-state index contributed by atoms with van der Waals surface area (Å²) in [6.07, 6.45) is 3.56. The van der Waals surface area contributed by atoms with Crippen LogP contribution >= 0.6 is 0 Å². The zero-order valence-electron chi connectivity index (χ0n) is 14.0. The predicted octanol–water partition coefficient (Wildman–Crippen LogP) is 2.29. The molecule has 1 atom stereocenters. The Morgan fingerprint density at radius 2 is 2.13 bits per heavy atom. The fourth-order valence-electron chi connectivity index (χ4n) is 3.01. The molecule has 0 saturated carbocycles. The maximum Gasteiger partial charge on any atom is 0.243 e. The molecule has 1 aliphatic rings. The average Bonchev–Trinajstić information content (AvgIpc) is 2.72. The molecule has 126 valence electrons. The summed E-state index contributed by atoms with van der Waals surface area (Å²) in [5.41, 5.74) is 2.03. The number of benzene rings is 1. The number of carbonyl (C=O) groups excluding carboxylic acids is 2. The van der Waals surface area contributed by atoms with Crippen LogP contribution in [0, 0.1) is 0 Å². The van der Waals surface area contributed by atoms with Gasteiger partial charge in [-0.25, -0.2) is 0 Å². The van der Waals surface area contributed by atoms with E-state index in [-0.39, 0.29) is 11.8 Å². The van der Waals surface area contributed by atoms with Crippen molar-refractivity contribution in [1.29, 1.82) is 0 Å². The van der Waals surface area contributed by atoms with E-state index in [0.29, 0.717) is 26.0 Å². The summed E-state index contributed by atoms with van der Waals surface area (Å²) < 4.78 is 4.99. The molecule has 0 saturated heterocycles. The van der Waals surface area contributed by atoms with Crippen LogP contribution in [0.25, 0.3) is 0 Å². The molecule has 1 aliphatic heterocycles. The summed E-state index contributed by atoms with van der Waals surface area (Å²) in [4.78, 5) is 26.8. The molecule has 0 unspecified atom stereocenters. The Bertz CT molecular complexity index is 545. The van der Waals surface area contributed by atoms with Gasteiger partial charge in [-0.15, -0.1) is 0 Å². The second-order valence-electron chi connectivity index (χ2n) is 5.81. The van der Waals surface area contributed by atoms with Gasteiger partial charge in [0.05, 0.1) is 0 Å². The van der Waals surface area contributed by atoms with Crippen LogP contribution in [0.1, 0.15) is 38.2 Å². The Kier molecular flexibility index (Phi) is 6.59. The van der Waals surface area contributed by atoms with Crippen molar-refractivity contribution < 1.29 is 14.3 Å². The van der Waals surface area contributed by atoms with Crippen LogP contribution in [-0.4, -0.2) is 38.1 Å². The van der Waals surface area contributed by atoms with Crippen molar-refractivity contribution in [3.8, 4) is 0 Å². The van der Waals surface area contributed by atoms with Crippen LogP contribution in [0.15, 0.2) is 24.3 Å². The van der Waals surface area contributed by atoms with Crippen LogP contribution in [0.3, 0.4) is 0 Å². The Balaban J connectivity index is 2.18. The second kappa shape index (κ2) is 8.67. The van der Waals surface area contributed by atoms with Gasteiger partial charge in [0.2, 0.25) is 11.8 Å². The fraction of sp³-hybridized carbons (Fsp3) is 0.556. The zero-order chi connectivity index (χ0) is 16.7. The molecule has 1 heterocycles. The third kappa shape index (κ3) is 4.32. The molecule has 1 aromatic carbocycles. The molecule has 0 spiro atoms. The number of methoxy groups -OCH3 is 1. The number of fused-ring (bicyclic) bond motifs is 1. The Morgan fingerprint density at radius 1 is 1.35 bits per heavy atom. The Morgan fingerprint density at radius 3 is 2.87 bits per heavy atom. The van der Waals surface area contributed by atoms with Gasteiger partial charge in [0.1, 0.15) is 6.04 Å². The van der Waals surface area contributed by atoms with Gasteiger partial charge in [0, 0.05) is 32.4 Å². The molecule has 0 aliphatic carbocycles. The molecule has 0 bridgehead atoms. The number of para-hydroxylation sites is 1. The predicted molar refractivity (Wildman–Crippen MR) is 90.4 cm³/mol. The van der Waals surface area contributed by atoms with Gasteiger partial charge in [-0.2, -0.15) is 0 Å². The van der Waals surface area contributed by atoms with Crippen molar-refractivity contribution in [3.63, 3.8) is 0 Å². The van der Waals surface area contributed by atoms with Crippen LogP contribution in [0.2, 0.25) is 0 Å². The first kappa shape index (κ1) is 17.5. The second-order valence-corrected chi connectivity index (χ2v) is 5.81. The number of hydrogen-bond acceptors (Lipinski definition) is 3. The lowest BCUT2D eigenvalue weighted by atomic mass is 10.1. The number of nitrogens with one attached hydrogen (secondary N) is 1. The van der Waals surface area contributed by atoms with E-state index in [1.165, 1.54) is 0 Å². The van der Waals surface area contributed by atoms with Gasteiger partial charge >= 0.3 is 0 Å². The molecule has 2 amide bonds. The molecule has 23 heavy (non-hydrogen) atoms. The number of amides is 2. The minimum Gasteiger partial charge on any atom is -0.385 e. The van der Waals surface area contributed by atoms with Crippen LogP contribution in [0.4, 0.5) is 5.69 Å². The number of aryl methyl sites for hydroxylation is 1. The topological polar surface area (TPSA) is 58.6 Å². The van der Waals surface area contributed by atoms with E-state index < -0.39 is 6.04 Å². The highest BCUT2D eigenvalue weighted by molar-refractivity contribution is 6.01. The molecule has 1 aromatic rings. The van der Waals surface area contributed by atoms with E-state index in [4.69, 9.17) is 4.74 Å². The summed E-state index contributed by atoms with van der Waals surface area (Å²) in [7, 11) is 1.64. The summed E-state index contributed by atoms with van der Waals surface area (Å²) in [5.74, 6) is -0.0532. The monoisotopic (exact) mass is 318 g/mol. The molecule has 2 rings (SSSR count). The van der Waals surface area contributed by atoms with Crippen LogP contribution in [0.5, 0.6) is 0 Å². The lowest BCUT2D eigenvalue weighted by Gasteiger charge is -2.30. The van der Waals surface area contributed by atoms with E-state index in [0.717, 1.165) is 30.5 Å². The first-order valence-corrected chi connectivity index (χ1v) is 8.35. The largest absolute Gasteiger partial charge is 0.385 e. The maximum atomic E-state index is 12.6. The van der Waals surface area contributed by atoms with Gasteiger partial charge in [-0.05, 0) is 37.3 Å². The van der Waals surface area contributed by atoms with Crippen molar-refractivity contribution in [3.05, 3.63) is 29.8 Å². The Hall–Kier alpha value is -1.88. The summed E-state index contributed by atoms with van der Waals surface area (Å²) in [5, 5.41) is 2.92. The summed E-state index contributed by atoms with van der Waals surface area (Å²) in [6, 6.07) is 7.44. The van der Waals surface area contributed by atoms with Crippen molar-refractivity contribution in [2.24, 2.45) is 0 Å². The van der Waals surface area contributed by atoms with E-state index >= 15 is 0 Å². The fourth-order valence-corrected chi connectivity index (χ4v) is 3.01. The molecule has 0 radical (unpaired) electrons. The van der Waals surface area contributed by atoms with E-state index in [2.05, 4.69) is 5.32 Å². The minimum atomic E-state index is -0.454. The highest BCUT2D eigenvalue weighted by atomic mass is 16.5. The average molecular weight is 318 g/mol. The van der Waals surface area contributed by atoms with Gasteiger partial charge in [0.25, 0.3) is 0 Å². The van der Waals surface area contributed by atoms with E-state index in [9.17, 15) is 9.59 Å². The molecule has 0 fully saturated rings. The van der Waals surface area contributed by atoms with E-state index in [1.54, 1.807) is 12.0 Å². The van der Waals surface area contributed by atoms with Gasteiger partial charge in [-0.1, -0.05) is 25.1 Å². The van der Waals surface area contributed by atoms with Crippen molar-refractivity contribution in [1.82, 2.24) is 5.32 Å². The van der Waals surface area contributed by atoms with Crippen LogP contribution in [-0.2, 0) is 20.7 Å². The van der Waals surface area contributed by atoms with Crippen LogP contribution < -0.4 is 10.2 Å². The normalized spacial score (nSPS) is 15.7. The molecule has 5 nitrogen and oxygen atoms in total. The summed E-state index contributed by atoms with van der Waals surface area (Å²) >= 11 is 0. The van der Waals surface area contributed by atoms with Gasteiger partial charge < -0.3 is 10.1 Å². The SMILES string of the molecule is CC[C@@H](C(=O)NCCCOC)N1C(=O)CCCc2ccccc21. The van der Waals surface area contributed by atoms with Crippen molar-refractivity contribution >= 4 is 17.5 Å². The molecule has 1 N–H and O–H groups in total. The smallest absolute Gasteiger partial charge is 0.243 e. The number of ether oxygens (including phenoxy) is 1. The highest BCUT2D eigenvalue weighted by Crippen LogP contribution is 2.29. The number of carbonyl (C=O) groups is 2. The molecule has 5 heteroatoms. The third-order valence-corrected chi connectivity index (χ3v) is 4.18. The highest BCUT2D eigenvalue weighted by Gasteiger charge is 2.32. The molecular formula is C18H26N2O3. The quantitative estimate of drug-likeness (QED) is 0.785. The van der Waals surface area contributed by atoms with Crippen molar-refractivity contribution in [2.45, 2.75) is 45.1 Å². The van der Waals surface area contributed by atoms with E-state index in [1.807, 2.05) is 31.2 Å². The van der Waals surface area contributed by atoms with Gasteiger partial charge in [-0.3, -0.25) is 14.5 Å². The molecular weight excluding hydrogens is 292 g/mol. The van der Waals surface area contributed by atoms with Gasteiger partial charge in [0.15, 0.2) is 0 Å². The summed E-state index contributed by atoms with van der Waals surface area (Å²) in [6.45, 7) is 3.12. The first-order valence-electron chi connectivity index (χ1n) is 8.35. The first-order chi connectivity index (χ1) is 11.2. The number of hydrogen-bond donors (Lipinski definition) is 1. The standard InChI is InChI=1S/C18H26N2O3/c1-3-15(18(22)19-12-7-13-23-2)20-16-10-5-4-8-14(16)9-6-11-17(20)21/h4-5,8,10,15H,3,6-7,9,11-13H2,1-2H3,(H,19,22)/t15-/m0/s1. The Labute approximate surface area is 138 Å². The minimum absolute atomic E-state index is 0.0360. The zero-order valence-corrected chi connectivity index (χ0v) is 14.0. The number of anilines is 1. The lowest BCUT2D eigenvalue weighted by molar-refractivity contribution is -0.126. The number of rotatable bonds is 7. The third-order valence-electron chi connectivity index (χ3n) is 4.18. The maximum absolute atomic E-state index is 12.6. The van der Waals surface area contributed by atoms with Crippen molar-refractivity contribution in [2.75, 3.05) is 25.2 Å². The number of nitrogens with zero attached hydrogens (tertiary/aromatic N) is 1.